The molecule has 0 aromatic heterocycles. The zero-order valence-electron chi connectivity index (χ0n) is 16.9. The number of nitrogens with zero attached hydrogens (tertiary/aromatic N) is 1. The Morgan fingerprint density at radius 2 is 1.86 bits per heavy atom. The van der Waals surface area contributed by atoms with Crippen molar-refractivity contribution in [2.75, 3.05) is 12.8 Å². The molecule has 29 heavy (non-hydrogen) atoms. The Balaban J connectivity index is 2.15. The maximum atomic E-state index is 13.1. The average Bonchev–Trinajstić information content (AvgIpc) is 2.70. The van der Waals surface area contributed by atoms with Crippen molar-refractivity contribution in [1.29, 1.82) is 0 Å². The summed E-state index contributed by atoms with van der Waals surface area (Å²) in [5, 5.41) is 3.67. The Morgan fingerprint density at radius 3 is 2.48 bits per heavy atom. The largest absolute Gasteiger partial charge is 0.357 e. The van der Waals surface area contributed by atoms with Crippen LogP contribution in [0.5, 0.6) is 0 Å². The third kappa shape index (κ3) is 6.66. The molecule has 0 fully saturated rings. The number of carbonyl (C=O) groups excluding carboxylic acids is 2. The highest BCUT2D eigenvalue weighted by Gasteiger charge is 2.28. The van der Waals surface area contributed by atoms with Gasteiger partial charge in [0.05, 0.1) is 5.75 Å². The Morgan fingerprint density at radius 1 is 1.14 bits per heavy atom. The number of aryl methyl sites for hydroxylation is 1. The van der Waals surface area contributed by atoms with E-state index in [1.807, 2.05) is 19.1 Å². The lowest BCUT2D eigenvalue weighted by Crippen LogP contribution is -2.48. The zero-order chi connectivity index (χ0) is 21.4. The first kappa shape index (κ1) is 23.6. The quantitative estimate of drug-likeness (QED) is 0.576. The fourth-order valence-corrected chi connectivity index (χ4v) is 4.48. The minimum Gasteiger partial charge on any atom is -0.357 e. The summed E-state index contributed by atoms with van der Waals surface area (Å²) < 4.78 is 0. The van der Waals surface area contributed by atoms with Crippen LogP contribution in [0.3, 0.4) is 0 Å². The molecule has 4 nitrogen and oxygen atoms in total. The van der Waals surface area contributed by atoms with E-state index in [1.54, 1.807) is 41.9 Å². The van der Waals surface area contributed by atoms with E-state index in [2.05, 4.69) is 24.4 Å². The fourth-order valence-electron chi connectivity index (χ4n) is 3.02. The third-order valence-corrected chi connectivity index (χ3v) is 6.29. The van der Waals surface area contributed by atoms with Crippen molar-refractivity contribution in [1.82, 2.24) is 10.2 Å². The van der Waals surface area contributed by atoms with E-state index >= 15 is 0 Å². The van der Waals surface area contributed by atoms with Crippen molar-refractivity contribution < 1.29 is 9.59 Å². The summed E-state index contributed by atoms with van der Waals surface area (Å²) >= 11 is 13.8. The van der Waals surface area contributed by atoms with Crippen molar-refractivity contribution in [3.8, 4) is 0 Å². The summed E-state index contributed by atoms with van der Waals surface area (Å²) in [5.74, 6) is 0.748. The van der Waals surface area contributed by atoms with E-state index in [0.717, 1.165) is 11.3 Å². The molecule has 0 radical (unpaired) electrons. The first-order chi connectivity index (χ1) is 13.9. The number of thioether (sulfide) groups is 1. The van der Waals surface area contributed by atoms with Crippen LogP contribution >= 0.6 is 35.0 Å². The van der Waals surface area contributed by atoms with Crippen molar-refractivity contribution in [2.45, 2.75) is 38.6 Å². The van der Waals surface area contributed by atoms with E-state index in [1.165, 1.54) is 11.1 Å². The number of amides is 2. The van der Waals surface area contributed by atoms with Gasteiger partial charge in [0, 0.05) is 29.4 Å². The molecule has 0 saturated carbocycles. The smallest absolute Gasteiger partial charge is 0.242 e. The van der Waals surface area contributed by atoms with Gasteiger partial charge in [0.25, 0.3) is 0 Å². The number of carbonyl (C=O) groups is 2. The van der Waals surface area contributed by atoms with Gasteiger partial charge in [-0.15, -0.1) is 11.8 Å². The summed E-state index contributed by atoms with van der Waals surface area (Å²) in [6.07, 6.45) is 0.513. The predicted octanol–water partition coefficient (Wildman–Crippen LogP) is 5.09. The number of hydrogen-bond donors (Lipinski definition) is 1. The number of benzene rings is 2. The van der Waals surface area contributed by atoms with Gasteiger partial charge < -0.3 is 10.2 Å². The molecule has 2 rings (SSSR count). The van der Waals surface area contributed by atoms with Crippen molar-refractivity contribution >= 4 is 46.8 Å². The van der Waals surface area contributed by atoms with E-state index < -0.39 is 6.04 Å². The van der Waals surface area contributed by atoms with Crippen molar-refractivity contribution in [3.63, 3.8) is 0 Å². The molecule has 2 aromatic rings. The van der Waals surface area contributed by atoms with Crippen LogP contribution in [0.25, 0.3) is 0 Å². The summed E-state index contributed by atoms with van der Waals surface area (Å²) in [6.45, 7) is 4.21. The first-order valence-electron chi connectivity index (χ1n) is 9.44. The summed E-state index contributed by atoms with van der Waals surface area (Å²) in [5.41, 5.74) is 3.17. The van der Waals surface area contributed by atoms with Gasteiger partial charge in [0.2, 0.25) is 11.8 Å². The van der Waals surface area contributed by atoms with Gasteiger partial charge >= 0.3 is 0 Å². The van der Waals surface area contributed by atoms with Crippen LogP contribution in [-0.4, -0.2) is 35.6 Å². The lowest BCUT2D eigenvalue weighted by molar-refractivity contribution is -0.139. The molecule has 0 unspecified atom stereocenters. The lowest BCUT2D eigenvalue weighted by atomic mass is 10.1. The highest BCUT2D eigenvalue weighted by atomic mass is 35.5. The summed E-state index contributed by atoms with van der Waals surface area (Å²) in [4.78, 5) is 27.1. The second-order valence-electron chi connectivity index (χ2n) is 6.71. The molecule has 0 heterocycles. The van der Waals surface area contributed by atoms with E-state index in [0.29, 0.717) is 16.5 Å². The molecule has 1 N–H and O–H groups in total. The van der Waals surface area contributed by atoms with Gasteiger partial charge in [-0.1, -0.05) is 60.5 Å². The summed E-state index contributed by atoms with van der Waals surface area (Å²) in [7, 11) is 1.58. The van der Waals surface area contributed by atoms with E-state index in [9.17, 15) is 9.59 Å². The summed E-state index contributed by atoms with van der Waals surface area (Å²) in [6, 6.07) is 12.7. The molecule has 0 aliphatic carbocycles. The molecule has 0 saturated heterocycles. The topological polar surface area (TPSA) is 49.4 Å². The Bertz CT molecular complexity index is 860. The van der Waals surface area contributed by atoms with Gasteiger partial charge in [0.1, 0.15) is 6.04 Å². The molecular weight excluding hydrogens is 427 g/mol. The normalized spacial score (nSPS) is 11.8. The zero-order valence-corrected chi connectivity index (χ0v) is 19.2. The number of nitrogens with one attached hydrogen (secondary N) is 1. The lowest BCUT2D eigenvalue weighted by Gasteiger charge is -2.30. The standard InChI is InChI=1S/C22H26Cl2N2O2S/c1-4-20(22(28)25-3)26(12-16-9-10-18(23)11-19(16)24)21(27)14-29-13-17-8-6-5-7-15(17)2/h5-11,20H,4,12-14H2,1-3H3,(H,25,28)/t20-/m0/s1. The van der Waals surface area contributed by atoms with Crippen LogP contribution in [0.1, 0.15) is 30.0 Å². The second kappa shape index (κ2) is 11.5. The monoisotopic (exact) mass is 452 g/mol. The molecule has 7 heteroatoms. The Hall–Kier alpha value is -1.69. The highest BCUT2D eigenvalue weighted by Crippen LogP contribution is 2.24. The first-order valence-corrected chi connectivity index (χ1v) is 11.4. The third-order valence-electron chi connectivity index (χ3n) is 4.73. The minimum atomic E-state index is -0.557. The molecular formula is C22H26Cl2N2O2S. The van der Waals surface area contributed by atoms with Crippen LogP contribution in [-0.2, 0) is 21.9 Å². The molecule has 156 valence electrons. The number of likely N-dealkylation sites (N-methyl/N-ethyl adjacent to an activating group) is 1. The van der Waals surface area contributed by atoms with Crippen LogP contribution < -0.4 is 5.32 Å². The van der Waals surface area contributed by atoms with Crippen molar-refractivity contribution in [2.24, 2.45) is 0 Å². The van der Waals surface area contributed by atoms with Crippen LogP contribution in [0, 0.1) is 6.92 Å². The van der Waals surface area contributed by atoms with Crippen LogP contribution in [0.15, 0.2) is 42.5 Å². The molecule has 0 aliphatic rings. The number of rotatable bonds is 9. The van der Waals surface area contributed by atoms with Gasteiger partial charge in [-0.05, 0) is 42.2 Å². The molecule has 0 aliphatic heterocycles. The molecule has 0 bridgehead atoms. The minimum absolute atomic E-state index is 0.0925. The van der Waals surface area contributed by atoms with Crippen molar-refractivity contribution in [3.05, 3.63) is 69.2 Å². The molecule has 1 atom stereocenters. The predicted molar refractivity (Wildman–Crippen MR) is 122 cm³/mol. The van der Waals surface area contributed by atoms with Crippen LogP contribution in [0.4, 0.5) is 0 Å². The number of hydrogen-bond acceptors (Lipinski definition) is 3. The average molecular weight is 453 g/mol. The Kier molecular flexibility index (Phi) is 9.34. The van der Waals surface area contributed by atoms with Gasteiger partial charge in [-0.3, -0.25) is 9.59 Å². The fraction of sp³-hybridized carbons (Fsp3) is 0.364. The molecule has 2 amide bonds. The highest BCUT2D eigenvalue weighted by molar-refractivity contribution is 7.99. The maximum Gasteiger partial charge on any atom is 0.242 e. The molecule has 0 spiro atoms. The van der Waals surface area contributed by atoms with Gasteiger partial charge in [-0.2, -0.15) is 0 Å². The SMILES string of the molecule is CC[C@@H](C(=O)NC)N(Cc1ccc(Cl)cc1Cl)C(=O)CSCc1ccccc1C. The molecule has 2 aromatic carbocycles. The Labute approximate surface area is 187 Å². The van der Waals surface area contributed by atoms with E-state index in [4.69, 9.17) is 23.2 Å². The van der Waals surface area contributed by atoms with Crippen LogP contribution in [0.2, 0.25) is 10.0 Å². The van der Waals surface area contributed by atoms with E-state index in [-0.39, 0.29) is 24.1 Å². The second-order valence-corrected chi connectivity index (χ2v) is 8.54. The maximum absolute atomic E-state index is 13.1. The number of halogens is 2. The van der Waals surface area contributed by atoms with Gasteiger partial charge in [0.15, 0.2) is 0 Å². The van der Waals surface area contributed by atoms with Gasteiger partial charge in [-0.25, -0.2) is 0 Å².